The molecule has 144 valence electrons. The number of anilines is 1. The molecule has 1 amide bonds. The van der Waals surface area contributed by atoms with Gasteiger partial charge in [0, 0.05) is 32.0 Å². The first-order chi connectivity index (χ1) is 13.0. The molecular formula is C18H23N5O3S. The highest BCUT2D eigenvalue weighted by atomic mass is 32.2. The fraction of sp³-hybridized carbons (Fsp3) is 0.389. The van der Waals surface area contributed by atoms with Gasteiger partial charge in [0.15, 0.2) is 0 Å². The lowest BCUT2D eigenvalue weighted by atomic mass is 9.97. The van der Waals surface area contributed by atoms with Gasteiger partial charge >= 0.3 is 0 Å². The van der Waals surface area contributed by atoms with Crippen molar-refractivity contribution in [3.63, 3.8) is 0 Å². The zero-order chi connectivity index (χ0) is 19.3. The predicted octanol–water partition coefficient (Wildman–Crippen LogP) is 0.917. The van der Waals surface area contributed by atoms with E-state index in [-0.39, 0.29) is 23.3 Å². The fourth-order valence-electron chi connectivity index (χ4n) is 3.10. The molecule has 1 saturated heterocycles. The third kappa shape index (κ3) is 4.81. The summed E-state index contributed by atoms with van der Waals surface area (Å²) in [6.07, 6.45) is 5.09. The van der Waals surface area contributed by atoms with Crippen LogP contribution >= 0.6 is 0 Å². The van der Waals surface area contributed by atoms with E-state index in [1.165, 1.54) is 13.1 Å². The van der Waals surface area contributed by atoms with E-state index < -0.39 is 10.0 Å². The second-order valence-electron chi connectivity index (χ2n) is 6.41. The number of carbonyl (C=O) groups is 1. The fourth-order valence-corrected chi connectivity index (χ4v) is 3.90. The van der Waals surface area contributed by atoms with Gasteiger partial charge in [-0.3, -0.25) is 4.79 Å². The maximum absolute atomic E-state index is 12.6. The standard InChI is InChI=1S/C18H23N5O3S/c1-19-27(25,26)16-7-2-5-14(11-16)12-22-17(24)15-6-3-10-23(13-15)18-20-8-4-9-21-18/h2,4-5,7-9,11,15,19H,3,6,10,12-13H2,1H3,(H,22,24). The molecule has 0 bridgehead atoms. The van der Waals surface area contributed by atoms with E-state index in [1.54, 1.807) is 36.7 Å². The SMILES string of the molecule is CNS(=O)(=O)c1cccc(CNC(=O)C2CCCN(c3ncccn3)C2)c1. The molecule has 0 radical (unpaired) electrons. The maximum Gasteiger partial charge on any atom is 0.240 e. The lowest BCUT2D eigenvalue weighted by molar-refractivity contribution is -0.125. The molecule has 1 aliphatic rings. The van der Waals surface area contributed by atoms with Gasteiger partial charge in [-0.25, -0.2) is 23.1 Å². The molecule has 0 saturated carbocycles. The van der Waals surface area contributed by atoms with Crippen molar-refractivity contribution in [3.8, 4) is 0 Å². The molecule has 0 spiro atoms. The van der Waals surface area contributed by atoms with Crippen LogP contribution in [0.5, 0.6) is 0 Å². The van der Waals surface area contributed by atoms with Crippen molar-refractivity contribution in [2.24, 2.45) is 5.92 Å². The molecule has 1 atom stereocenters. The van der Waals surface area contributed by atoms with Crippen LogP contribution in [-0.2, 0) is 21.4 Å². The van der Waals surface area contributed by atoms with Crippen molar-refractivity contribution in [3.05, 3.63) is 48.3 Å². The second kappa shape index (κ2) is 8.45. The number of piperidine rings is 1. The van der Waals surface area contributed by atoms with Crippen LogP contribution < -0.4 is 14.9 Å². The summed E-state index contributed by atoms with van der Waals surface area (Å²) in [6.45, 7) is 1.69. The summed E-state index contributed by atoms with van der Waals surface area (Å²) in [7, 11) is -2.13. The number of benzene rings is 1. The largest absolute Gasteiger partial charge is 0.352 e. The van der Waals surface area contributed by atoms with Gasteiger partial charge in [0.05, 0.1) is 10.8 Å². The first-order valence-corrected chi connectivity index (χ1v) is 10.3. The number of aromatic nitrogens is 2. The molecule has 1 fully saturated rings. The van der Waals surface area contributed by atoms with Crippen LogP contribution in [0.15, 0.2) is 47.6 Å². The first kappa shape index (κ1) is 19.2. The molecule has 27 heavy (non-hydrogen) atoms. The first-order valence-electron chi connectivity index (χ1n) is 8.82. The van der Waals surface area contributed by atoms with Crippen molar-refractivity contribution >= 4 is 21.9 Å². The van der Waals surface area contributed by atoms with Gasteiger partial charge in [0.1, 0.15) is 0 Å². The van der Waals surface area contributed by atoms with Crippen LogP contribution in [0.25, 0.3) is 0 Å². The van der Waals surface area contributed by atoms with Crippen LogP contribution in [0, 0.1) is 5.92 Å². The molecule has 3 rings (SSSR count). The number of sulfonamides is 1. The lowest BCUT2D eigenvalue weighted by Crippen LogP contribution is -2.43. The van der Waals surface area contributed by atoms with Gasteiger partial charge < -0.3 is 10.2 Å². The van der Waals surface area contributed by atoms with Gasteiger partial charge in [-0.2, -0.15) is 0 Å². The average molecular weight is 389 g/mol. The molecular weight excluding hydrogens is 366 g/mol. The highest BCUT2D eigenvalue weighted by Crippen LogP contribution is 2.20. The zero-order valence-electron chi connectivity index (χ0n) is 15.1. The summed E-state index contributed by atoms with van der Waals surface area (Å²) < 4.78 is 26.1. The Labute approximate surface area is 159 Å². The smallest absolute Gasteiger partial charge is 0.240 e. The third-order valence-electron chi connectivity index (χ3n) is 4.57. The Morgan fingerprint density at radius 2 is 2.04 bits per heavy atom. The highest BCUT2D eigenvalue weighted by Gasteiger charge is 2.26. The molecule has 1 aromatic heterocycles. The van der Waals surface area contributed by atoms with Crippen molar-refractivity contribution in [1.29, 1.82) is 0 Å². The Kier molecular flexibility index (Phi) is 6.02. The number of amides is 1. The summed E-state index contributed by atoms with van der Waals surface area (Å²) in [6, 6.07) is 8.31. The van der Waals surface area contributed by atoms with Gasteiger partial charge in [0.2, 0.25) is 21.9 Å². The van der Waals surface area contributed by atoms with Crippen LogP contribution in [0.1, 0.15) is 18.4 Å². The Bertz CT molecular complexity index is 889. The summed E-state index contributed by atoms with van der Waals surface area (Å²) in [4.78, 5) is 23.3. The van der Waals surface area contributed by atoms with Gasteiger partial charge in [-0.1, -0.05) is 12.1 Å². The summed E-state index contributed by atoms with van der Waals surface area (Å²) in [5, 5.41) is 2.92. The average Bonchev–Trinajstić information content (AvgIpc) is 2.73. The minimum atomic E-state index is -3.50. The maximum atomic E-state index is 12.6. The zero-order valence-corrected chi connectivity index (χ0v) is 15.9. The van der Waals surface area contributed by atoms with E-state index in [0.717, 1.165) is 24.9 Å². The number of carbonyl (C=O) groups excluding carboxylic acids is 1. The molecule has 2 N–H and O–H groups in total. The Balaban J connectivity index is 1.60. The molecule has 1 aliphatic heterocycles. The number of rotatable bonds is 6. The Hall–Kier alpha value is -2.52. The van der Waals surface area contributed by atoms with Crippen LogP contribution in [0.4, 0.5) is 5.95 Å². The minimum Gasteiger partial charge on any atom is -0.352 e. The number of nitrogens with one attached hydrogen (secondary N) is 2. The van der Waals surface area contributed by atoms with E-state index >= 15 is 0 Å². The Morgan fingerprint density at radius 1 is 1.26 bits per heavy atom. The van der Waals surface area contributed by atoms with Gasteiger partial charge in [-0.05, 0) is 43.7 Å². The monoisotopic (exact) mass is 389 g/mol. The van der Waals surface area contributed by atoms with Crippen LogP contribution in [0.2, 0.25) is 0 Å². The van der Waals surface area contributed by atoms with Crippen LogP contribution in [0.3, 0.4) is 0 Å². The number of hydrogen-bond donors (Lipinski definition) is 2. The molecule has 1 aromatic carbocycles. The molecule has 0 aliphatic carbocycles. The van der Waals surface area contributed by atoms with E-state index in [1.807, 2.05) is 4.90 Å². The predicted molar refractivity (Wildman–Crippen MR) is 102 cm³/mol. The molecule has 1 unspecified atom stereocenters. The van der Waals surface area contributed by atoms with Crippen molar-refractivity contribution < 1.29 is 13.2 Å². The molecule has 2 heterocycles. The lowest BCUT2D eigenvalue weighted by Gasteiger charge is -2.31. The highest BCUT2D eigenvalue weighted by molar-refractivity contribution is 7.89. The number of nitrogens with zero attached hydrogens (tertiary/aromatic N) is 3. The Morgan fingerprint density at radius 3 is 2.78 bits per heavy atom. The molecule has 2 aromatic rings. The van der Waals surface area contributed by atoms with E-state index in [2.05, 4.69) is 20.0 Å². The molecule has 8 nitrogen and oxygen atoms in total. The van der Waals surface area contributed by atoms with Crippen molar-refractivity contribution in [1.82, 2.24) is 20.0 Å². The summed E-state index contributed by atoms with van der Waals surface area (Å²) in [5.74, 6) is 0.448. The third-order valence-corrected chi connectivity index (χ3v) is 5.98. The normalized spacial score (nSPS) is 17.5. The topological polar surface area (TPSA) is 104 Å². The quantitative estimate of drug-likeness (QED) is 0.761. The van der Waals surface area contributed by atoms with Crippen LogP contribution in [-0.4, -0.2) is 44.4 Å². The minimum absolute atomic E-state index is 0.0440. The van der Waals surface area contributed by atoms with E-state index in [9.17, 15) is 13.2 Å². The van der Waals surface area contributed by atoms with Gasteiger partial charge in [0.25, 0.3) is 0 Å². The number of hydrogen-bond acceptors (Lipinski definition) is 6. The second-order valence-corrected chi connectivity index (χ2v) is 8.29. The summed E-state index contributed by atoms with van der Waals surface area (Å²) in [5.41, 5.74) is 0.735. The summed E-state index contributed by atoms with van der Waals surface area (Å²) >= 11 is 0. The molecule has 9 heteroatoms. The van der Waals surface area contributed by atoms with Crippen molar-refractivity contribution in [2.45, 2.75) is 24.3 Å². The van der Waals surface area contributed by atoms with Crippen molar-refractivity contribution in [2.75, 3.05) is 25.0 Å². The van der Waals surface area contributed by atoms with Gasteiger partial charge in [-0.15, -0.1) is 0 Å². The van der Waals surface area contributed by atoms with E-state index in [4.69, 9.17) is 0 Å². The van der Waals surface area contributed by atoms with E-state index in [0.29, 0.717) is 12.5 Å².